The van der Waals surface area contributed by atoms with Gasteiger partial charge in [0.1, 0.15) is 24.2 Å². The zero-order chi connectivity index (χ0) is 20.8. The van der Waals surface area contributed by atoms with Crippen molar-refractivity contribution in [3.8, 4) is 28.4 Å². The van der Waals surface area contributed by atoms with Crippen LogP contribution in [0.5, 0.6) is 11.5 Å². The van der Waals surface area contributed by atoms with Gasteiger partial charge in [-0.25, -0.2) is 9.48 Å². The Kier molecular flexibility index (Phi) is 5.98. The highest BCUT2D eigenvalue weighted by atomic mass is 16.5. The van der Waals surface area contributed by atoms with E-state index in [0.717, 1.165) is 5.56 Å². The molecule has 0 unspecified atom stereocenters. The first-order valence-electron chi connectivity index (χ1n) is 8.64. The first-order chi connectivity index (χ1) is 14.0. The summed E-state index contributed by atoms with van der Waals surface area (Å²) >= 11 is 0. The molecular weight excluding hydrogens is 378 g/mol. The molecule has 1 amide bonds. The first-order valence-corrected chi connectivity index (χ1v) is 8.64. The van der Waals surface area contributed by atoms with Crippen molar-refractivity contribution in [1.29, 1.82) is 0 Å². The molecule has 0 fully saturated rings. The highest BCUT2D eigenvalue weighted by Crippen LogP contribution is 2.27. The molecule has 29 heavy (non-hydrogen) atoms. The van der Waals surface area contributed by atoms with E-state index < -0.39 is 12.1 Å². The smallest absolute Gasteiger partial charge is 0.356 e. The Morgan fingerprint density at radius 3 is 2.34 bits per heavy atom. The molecule has 2 N–H and O–H groups in total. The Bertz CT molecular complexity index is 996. The van der Waals surface area contributed by atoms with Gasteiger partial charge in [-0.1, -0.05) is 0 Å². The minimum Gasteiger partial charge on any atom is -0.530 e. The number of amides is 1. The maximum absolute atomic E-state index is 11.4. The number of rotatable bonds is 8. The van der Waals surface area contributed by atoms with Crippen LogP contribution in [0.4, 0.5) is 4.79 Å². The van der Waals surface area contributed by atoms with Crippen LogP contribution < -0.4 is 19.9 Å². The Morgan fingerprint density at radius 1 is 1.10 bits per heavy atom. The van der Waals surface area contributed by atoms with Gasteiger partial charge in [0.15, 0.2) is 5.69 Å². The van der Waals surface area contributed by atoms with Crippen molar-refractivity contribution < 1.29 is 29.3 Å². The molecule has 3 aromatic rings. The number of ether oxygens (including phenoxy) is 2. The van der Waals surface area contributed by atoms with E-state index in [4.69, 9.17) is 9.47 Å². The fourth-order valence-corrected chi connectivity index (χ4v) is 2.66. The van der Waals surface area contributed by atoms with Crippen molar-refractivity contribution >= 4 is 12.1 Å². The Labute approximate surface area is 166 Å². The fraction of sp³-hybridized carbons (Fsp3) is 0.150. The van der Waals surface area contributed by atoms with Crippen LogP contribution in [0.3, 0.4) is 0 Å². The lowest BCUT2D eigenvalue weighted by Crippen LogP contribution is -2.38. The van der Waals surface area contributed by atoms with Crippen molar-refractivity contribution in [2.75, 3.05) is 20.3 Å². The second-order valence-corrected chi connectivity index (χ2v) is 5.92. The summed E-state index contributed by atoms with van der Waals surface area (Å²) in [4.78, 5) is 21.7. The van der Waals surface area contributed by atoms with Crippen LogP contribution in [0.25, 0.3) is 16.9 Å². The number of carboxylic acids is 1. The number of carbonyl (C=O) groups is 2. The number of nitrogens with zero attached hydrogens (tertiary/aromatic N) is 2. The highest BCUT2D eigenvalue weighted by Gasteiger charge is 2.16. The number of benzene rings is 2. The van der Waals surface area contributed by atoms with Crippen molar-refractivity contribution in [2.24, 2.45) is 0 Å². The number of aromatic nitrogens is 2. The zero-order valence-electron chi connectivity index (χ0n) is 15.5. The molecule has 9 nitrogen and oxygen atoms in total. The predicted molar refractivity (Wildman–Crippen MR) is 101 cm³/mol. The summed E-state index contributed by atoms with van der Waals surface area (Å²) in [5, 5.41) is 25.9. The van der Waals surface area contributed by atoms with E-state index in [-0.39, 0.29) is 18.8 Å². The quantitative estimate of drug-likeness (QED) is 0.553. The molecule has 2 aromatic carbocycles. The molecule has 0 saturated heterocycles. The minimum atomic E-state index is -1.36. The fourth-order valence-electron chi connectivity index (χ4n) is 2.66. The molecule has 0 radical (unpaired) electrons. The van der Waals surface area contributed by atoms with Crippen LogP contribution in [-0.4, -0.2) is 47.2 Å². The maximum atomic E-state index is 11.4. The molecule has 0 aliphatic carbocycles. The molecule has 0 spiro atoms. The summed E-state index contributed by atoms with van der Waals surface area (Å²) in [6, 6.07) is 15.5. The van der Waals surface area contributed by atoms with E-state index in [1.807, 2.05) is 0 Å². The lowest BCUT2D eigenvalue weighted by Gasteiger charge is -2.11. The van der Waals surface area contributed by atoms with Gasteiger partial charge < -0.3 is 29.8 Å². The Hall–Kier alpha value is -4.01. The predicted octanol–water partition coefficient (Wildman–Crippen LogP) is 1.56. The number of hydrogen-bond donors (Lipinski definition) is 2. The number of carbonyl (C=O) groups excluding carboxylic acids is 1. The monoisotopic (exact) mass is 396 g/mol. The van der Waals surface area contributed by atoms with Crippen LogP contribution in [0, 0.1) is 0 Å². The Balaban J connectivity index is 1.85. The van der Waals surface area contributed by atoms with Gasteiger partial charge in [-0.05, 0) is 54.6 Å². The summed E-state index contributed by atoms with van der Waals surface area (Å²) in [7, 11) is 1.56. The van der Waals surface area contributed by atoms with Crippen LogP contribution in [-0.2, 0) is 0 Å². The Morgan fingerprint density at radius 2 is 1.76 bits per heavy atom. The van der Waals surface area contributed by atoms with Gasteiger partial charge in [0.05, 0.1) is 25.0 Å². The molecule has 3 rings (SSSR count). The first kappa shape index (κ1) is 19.7. The largest absolute Gasteiger partial charge is 0.530 e. The van der Waals surface area contributed by atoms with Gasteiger partial charge in [-0.3, -0.25) is 0 Å². The maximum Gasteiger partial charge on any atom is 0.356 e. The molecule has 1 heterocycles. The molecule has 0 aliphatic rings. The standard InChI is InChI=1S/C20H19N3O6/c1-28-15-8-4-14(5-9-15)23-18(12-17(22-23)19(24)25)13-2-6-16(7-3-13)29-11-10-21-20(26)27/h2-9,12,21H,10-11H2,1H3,(H,24,25)(H,26,27)/p-1. The van der Waals surface area contributed by atoms with Crippen molar-refractivity contribution in [3.05, 3.63) is 60.3 Å². The molecule has 0 bridgehead atoms. The molecule has 1 aromatic heterocycles. The summed E-state index contributed by atoms with van der Waals surface area (Å²) in [5.41, 5.74) is 1.94. The number of hydrogen-bond acceptors (Lipinski definition) is 6. The van der Waals surface area contributed by atoms with E-state index in [2.05, 4.69) is 10.4 Å². The third-order valence-electron chi connectivity index (χ3n) is 4.04. The number of methoxy groups -OCH3 is 1. The molecule has 150 valence electrons. The molecular formula is C20H18N3O6-. The van der Waals surface area contributed by atoms with Crippen molar-refractivity contribution in [3.63, 3.8) is 0 Å². The average molecular weight is 396 g/mol. The summed E-state index contributed by atoms with van der Waals surface area (Å²) in [5.74, 6) is 0.0948. The summed E-state index contributed by atoms with van der Waals surface area (Å²) in [6.07, 6.45) is -1.36. The van der Waals surface area contributed by atoms with Gasteiger partial charge in [0.25, 0.3) is 0 Å². The number of aromatic carboxylic acids is 1. The van der Waals surface area contributed by atoms with Gasteiger partial charge in [-0.15, -0.1) is 0 Å². The lowest BCUT2D eigenvalue weighted by molar-refractivity contribution is -0.250. The molecule has 9 heteroatoms. The molecule has 0 saturated carbocycles. The SMILES string of the molecule is COc1ccc(-n2nc(C(=O)O)cc2-c2ccc(OCCNC(=O)[O-])cc2)cc1. The van der Waals surface area contributed by atoms with Crippen molar-refractivity contribution in [1.82, 2.24) is 15.1 Å². The van der Waals surface area contributed by atoms with Crippen molar-refractivity contribution in [2.45, 2.75) is 0 Å². The van der Waals surface area contributed by atoms with Gasteiger partial charge in [-0.2, -0.15) is 5.10 Å². The van der Waals surface area contributed by atoms with E-state index in [1.54, 1.807) is 60.3 Å². The third kappa shape index (κ3) is 4.83. The summed E-state index contributed by atoms with van der Waals surface area (Å²) < 4.78 is 12.1. The number of carboxylic acid groups (broad SMARTS) is 2. The third-order valence-corrected chi connectivity index (χ3v) is 4.04. The highest BCUT2D eigenvalue weighted by molar-refractivity contribution is 5.87. The van der Waals surface area contributed by atoms with E-state index in [9.17, 15) is 19.8 Å². The van der Waals surface area contributed by atoms with E-state index in [0.29, 0.717) is 22.9 Å². The summed E-state index contributed by atoms with van der Waals surface area (Å²) in [6.45, 7) is 0.260. The van der Waals surface area contributed by atoms with Gasteiger partial charge in [0, 0.05) is 5.56 Å². The molecule has 0 atom stereocenters. The van der Waals surface area contributed by atoms with Crippen LogP contribution >= 0.6 is 0 Å². The van der Waals surface area contributed by atoms with E-state index >= 15 is 0 Å². The van der Waals surface area contributed by atoms with E-state index in [1.165, 1.54) is 6.07 Å². The van der Waals surface area contributed by atoms with Crippen LogP contribution in [0.2, 0.25) is 0 Å². The lowest BCUT2D eigenvalue weighted by atomic mass is 10.1. The second kappa shape index (κ2) is 8.79. The van der Waals surface area contributed by atoms with Gasteiger partial charge in [0.2, 0.25) is 0 Å². The minimum absolute atomic E-state index is 0.0792. The second-order valence-electron chi connectivity index (χ2n) is 5.92. The zero-order valence-corrected chi connectivity index (χ0v) is 15.5. The van der Waals surface area contributed by atoms with Crippen LogP contribution in [0.1, 0.15) is 10.5 Å². The number of nitrogens with one attached hydrogen (secondary N) is 1. The topological polar surface area (TPSA) is 126 Å². The molecule has 0 aliphatic heterocycles. The van der Waals surface area contributed by atoms with Crippen LogP contribution in [0.15, 0.2) is 54.6 Å². The van der Waals surface area contributed by atoms with Gasteiger partial charge >= 0.3 is 5.97 Å². The average Bonchev–Trinajstić information content (AvgIpc) is 3.17. The normalized spacial score (nSPS) is 10.4.